The smallest absolute Gasteiger partial charge is 0.246 e. The van der Waals surface area contributed by atoms with Gasteiger partial charge in [0.1, 0.15) is 4.90 Å². The van der Waals surface area contributed by atoms with Gasteiger partial charge in [0, 0.05) is 31.9 Å². The van der Waals surface area contributed by atoms with E-state index in [0.29, 0.717) is 19.1 Å². The van der Waals surface area contributed by atoms with Gasteiger partial charge < -0.3 is 10.4 Å². The molecule has 21 heavy (non-hydrogen) atoms. The topological polar surface area (TPSA) is 87.5 Å². The predicted octanol–water partition coefficient (Wildman–Crippen LogP) is 0.0501. The second kappa shape index (κ2) is 8.28. The Hall–Kier alpha value is -1.22. The number of nitrogens with one attached hydrogen (secondary N) is 1. The van der Waals surface area contributed by atoms with Crippen LogP contribution in [0.5, 0.6) is 0 Å². The first-order valence-electron chi connectivity index (χ1n) is 6.89. The molecule has 0 radical (unpaired) electrons. The summed E-state index contributed by atoms with van der Waals surface area (Å²) in [4.78, 5) is 0.127. The van der Waals surface area contributed by atoms with E-state index < -0.39 is 10.0 Å². The summed E-state index contributed by atoms with van der Waals surface area (Å²) in [6, 6.07) is 0.372. The number of aliphatic hydroxyl groups is 1. The van der Waals surface area contributed by atoms with Crippen LogP contribution in [0.1, 0.15) is 13.8 Å². The fourth-order valence-electron chi connectivity index (χ4n) is 1.78. The lowest BCUT2D eigenvalue weighted by molar-refractivity contribution is 0.260. The highest BCUT2D eigenvalue weighted by atomic mass is 32.2. The zero-order valence-corrected chi connectivity index (χ0v) is 13.4. The van der Waals surface area contributed by atoms with Crippen LogP contribution in [0.3, 0.4) is 0 Å². The number of rotatable bonds is 10. The van der Waals surface area contributed by atoms with Gasteiger partial charge in [0.15, 0.2) is 0 Å². The molecular weight excluding hydrogens is 292 g/mol. The lowest BCUT2D eigenvalue weighted by atomic mass is 10.4. The van der Waals surface area contributed by atoms with Crippen molar-refractivity contribution in [2.75, 3.05) is 26.2 Å². The van der Waals surface area contributed by atoms with Crippen LogP contribution in [-0.2, 0) is 16.6 Å². The van der Waals surface area contributed by atoms with Gasteiger partial charge in [-0.2, -0.15) is 9.40 Å². The first kappa shape index (κ1) is 17.8. The molecule has 120 valence electrons. The van der Waals surface area contributed by atoms with Crippen LogP contribution >= 0.6 is 0 Å². The molecule has 0 spiro atoms. The number of sulfonamides is 1. The third-order valence-corrected chi connectivity index (χ3v) is 4.64. The van der Waals surface area contributed by atoms with E-state index in [2.05, 4.69) is 17.0 Å². The first-order valence-corrected chi connectivity index (χ1v) is 8.33. The van der Waals surface area contributed by atoms with Crippen molar-refractivity contribution < 1.29 is 13.5 Å². The molecule has 1 heterocycles. The van der Waals surface area contributed by atoms with E-state index in [1.165, 1.54) is 22.8 Å². The van der Waals surface area contributed by atoms with Crippen LogP contribution in [0.15, 0.2) is 29.9 Å². The minimum Gasteiger partial charge on any atom is -0.395 e. The summed E-state index contributed by atoms with van der Waals surface area (Å²) in [6.45, 7) is 8.88. The molecular formula is C13H24N4O3S. The summed E-state index contributed by atoms with van der Waals surface area (Å²) < 4.78 is 27.6. The minimum absolute atomic E-state index is 0.0361. The molecule has 0 amide bonds. The quantitative estimate of drug-likeness (QED) is 0.596. The van der Waals surface area contributed by atoms with Crippen LogP contribution < -0.4 is 5.32 Å². The van der Waals surface area contributed by atoms with Crippen LogP contribution in [0, 0.1) is 0 Å². The molecule has 0 aromatic carbocycles. The number of nitrogens with zero attached hydrogens (tertiary/aromatic N) is 3. The summed E-state index contributed by atoms with van der Waals surface area (Å²) >= 11 is 0. The van der Waals surface area contributed by atoms with Crippen molar-refractivity contribution in [1.82, 2.24) is 19.4 Å². The van der Waals surface area contributed by atoms with Crippen molar-refractivity contribution in [3.63, 3.8) is 0 Å². The predicted molar refractivity (Wildman–Crippen MR) is 81.4 cm³/mol. The molecule has 1 aromatic heterocycles. The summed E-state index contributed by atoms with van der Waals surface area (Å²) in [5.74, 6) is 0. The van der Waals surface area contributed by atoms with E-state index in [1.54, 1.807) is 4.68 Å². The molecule has 2 N–H and O–H groups in total. The Morgan fingerprint density at radius 2 is 2.29 bits per heavy atom. The molecule has 7 nitrogen and oxygen atoms in total. The van der Waals surface area contributed by atoms with Gasteiger partial charge in [0.05, 0.1) is 19.3 Å². The second-order valence-corrected chi connectivity index (χ2v) is 6.86. The SMILES string of the molecule is C=CCN(CCO)S(=O)(=O)c1cnn(CCNC(C)C)c1. The zero-order chi connectivity index (χ0) is 15.9. The van der Waals surface area contributed by atoms with Crippen molar-refractivity contribution in [3.05, 3.63) is 25.0 Å². The maximum atomic E-state index is 12.4. The van der Waals surface area contributed by atoms with E-state index in [1.807, 2.05) is 13.8 Å². The van der Waals surface area contributed by atoms with Crippen LogP contribution in [0.25, 0.3) is 0 Å². The number of hydrogen-bond acceptors (Lipinski definition) is 5. The lowest BCUT2D eigenvalue weighted by Crippen LogP contribution is -2.33. The van der Waals surface area contributed by atoms with Gasteiger partial charge in [-0.05, 0) is 0 Å². The standard InChI is InChI=1S/C13H24N4O3S/c1-4-6-17(8-9-18)21(19,20)13-10-15-16(11-13)7-5-14-12(2)3/h4,10-12,14,18H,1,5-9H2,2-3H3. The third-order valence-electron chi connectivity index (χ3n) is 2.82. The molecule has 0 aliphatic heterocycles. The van der Waals surface area contributed by atoms with Crippen molar-refractivity contribution in [2.24, 2.45) is 0 Å². The Morgan fingerprint density at radius 1 is 1.57 bits per heavy atom. The van der Waals surface area contributed by atoms with Crippen molar-refractivity contribution in [2.45, 2.75) is 31.3 Å². The molecule has 0 saturated carbocycles. The molecule has 0 unspecified atom stereocenters. The number of hydrogen-bond donors (Lipinski definition) is 2. The second-order valence-electron chi connectivity index (χ2n) is 4.92. The first-order chi connectivity index (χ1) is 9.91. The number of aromatic nitrogens is 2. The molecule has 8 heteroatoms. The van der Waals surface area contributed by atoms with Gasteiger partial charge in [0.2, 0.25) is 10.0 Å². The highest BCUT2D eigenvalue weighted by molar-refractivity contribution is 7.89. The molecule has 0 aliphatic carbocycles. The van der Waals surface area contributed by atoms with E-state index in [0.717, 1.165) is 0 Å². The molecule has 0 saturated heterocycles. The average Bonchev–Trinajstić information content (AvgIpc) is 2.87. The number of aliphatic hydroxyl groups excluding tert-OH is 1. The Bertz CT molecular complexity index is 539. The van der Waals surface area contributed by atoms with Gasteiger partial charge in [-0.25, -0.2) is 8.42 Å². The van der Waals surface area contributed by atoms with Crippen LogP contribution in [0.4, 0.5) is 0 Å². The van der Waals surface area contributed by atoms with Crippen molar-refractivity contribution in [1.29, 1.82) is 0 Å². The fraction of sp³-hybridized carbons (Fsp3) is 0.615. The van der Waals surface area contributed by atoms with Gasteiger partial charge in [-0.15, -0.1) is 6.58 Å². The summed E-state index contributed by atoms with van der Waals surface area (Å²) in [5, 5.41) is 16.3. The Kier molecular flexibility index (Phi) is 7.03. The normalized spacial score (nSPS) is 12.2. The summed E-state index contributed by atoms with van der Waals surface area (Å²) in [7, 11) is -3.65. The van der Waals surface area contributed by atoms with E-state index in [4.69, 9.17) is 5.11 Å². The van der Waals surface area contributed by atoms with Crippen LogP contribution in [-0.4, -0.2) is 59.9 Å². The van der Waals surface area contributed by atoms with E-state index in [9.17, 15) is 8.42 Å². The van der Waals surface area contributed by atoms with Crippen molar-refractivity contribution >= 4 is 10.0 Å². The molecule has 0 bridgehead atoms. The maximum Gasteiger partial charge on any atom is 0.246 e. The lowest BCUT2D eigenvalue weighted by Gasteiger charge is -2.18. The summed E-state index contributed by atoms with van der Waals surface area (Å²) in [5.41, 5.74) is 0. The van der Waals surface area contributed by atoms with Crippen molar-refractivity contribution in [3.8, 4) is 0 Å². The highest BCUT2D eigenvalue weighted by Gasteiger charge is 2.24. The summed E-state index contributed by atoms with van der Waals surface area (Å²) in [6.07, 6.45) is 4.33. The molecule has 1 aromatic rings. The largest absolute Gasteiger partial charge is 0.395 e. The van der Waals surface area contributed by atoms with Gasteiger partial charge >= 0.3 is 0 Å². The van der Waals surface area contributed by atoms with Gasteiger partial charge in [-0.3, -0.25) is 4.68 Å². The van der Waals surface area contributed by atoms with Gasteiger partial charge in [0.25, 0.3) is 0 Å². The van der Waals surface area contributed by atoms with E-state index >= 15 is 0 Å². The van der Waals surface area contributed by atoms with Gasteiger partial charge in [-0.1, -0.05) is 19.9 Å². The Morgan fingerprint density at radius 3 is 2.86 bits per heavy atom. The molecule has 1 rings (SSSR count). The Labute approximate surface area is 126 Å². The van der Waals surface area contributed by atoms with Crippen LogP contribution in [0.2, 0.25) is 0 Å². The molecule has 0 aliphatic rings. The van der Waals surface area contributed by atoms with E-state index in [-0.39, 0.29) is 24.6 Å². The monoisotopic (exact) mass is 316 g/mol. The third kappa shape index (κ3) is 5.24. The zero-order valence-electron chi connectivity index (χ0n) is 12.6. The average molecular weight is 316 g/mol. The molecule has 0 fully saturated rings. The Balaban J connectivity index is 2.79. The maximum absolute atomic E-state index is 12.4. The highest BCUT2D eigenvalue weighted by Crippen LogP contribution is 2.14. The fourth-order valence-corrected chi connectivity index (χ4v) is 3.14. The minimum atomic E-state index is -3.65. The molecule has 0 atom stereocenters.